The Labute approximate surface area is 87.8 Å². The molecule has 0 unspecified atom stereocenters. The van der Waals surface area contributed by atoms with E-state index in [9.17, 15) is 0 Å². The molecule has 0 bridgehead atoms. The SMILES string of the molecule is CCCCN(C)CCNC(=NC)NC. The molecule has 0 radical (unpaired) electrons. The Bertz CT molecular complexity index is 156. The predicted octanol–water partition coefficient (Wildman–Crippen LogP) is 0.513. The average molecular weight is 200 g/mol. The number of hydrogen-bond acceptors (Lipinski definition) is 2. The molecule has 0 spiro atoms. The van der Waals surface area contributed by atoms with E-state index in [1.54, 1.807) is 7.05 Å². The van der Waals surface area contributed by atoms with Crippen molar-refractivity contribution in [2.24, 2.45) is 4.99 Å². The van der Waals surface area contributed by atoms with Crippen molar-refractivity contribution in [2.45, 2.75) is 19.8 Å². The summed E-state index contributed by atoms with van der Waals surface area (Å²) in [7, 11) is 5.80. The summed E-state index contributed by atoms with van der Waals surface area (Å²) in [6.07, 6.45) is 2.53. The molecule has 0 aromatic rings. The molecule has 84 valence electrons. The summed E-state index contributed by atoms with van der Waals surface area (Å²) in [4.78, 5) is 6.37. The molecule has 0 aromatic carbocycles. The smallest absolute Gasteiger partial charge is 0.190 e. The Kier molecular flexibility index (Phi) is 8.33. The minimum absolute atomic E-state index is 0.855. The van der Waals surface area contributed by atoms with Crippen LogP contribution in [0.4, 0.5) is 0 Å². The van der Waals surface area contributed by atoms with Crippen LogP contribution in [0.25, 0.3) is 0 Å². The second-order valence-corrected chi connectivity index (χ2v) is 3.41. The second-order valence-electron chi connectivity index (χ2n) is 3.41. The molecule has 2 N–H and O–H groups in total. The van der Waals surface area contributed by atoms with Gasteiger partial charge in [-0.2, -0.15) is 0 Å². The summed E-state index contributed by atoms with van der Waals surface area (Å²) in [5.41, 5.74) is 0. The van der Waals surface area contributed by atoms with E-state index in [0.29, 0.717) is 0 Å². The zero-order chi connectivity index (χ0) is 10.8. The van der Waals surface area contributed by atoms with Crippen LogP contribution in [-0.2, 0) is 0 Å². The monoisotopic (exact) mass is 200 g/mol. The zero-order valence-electron chi connectivity index (χ0n) is 9.93. The van der Waals surface area contributed by atoms with Gasteiger partial charge < -0.3 is 15.5 Å². The molecule has 0 rings (SSSR count). The Hall–Kier alpha value is -0.770. The first-order valence-corrected chi connectivity index (χ1v) is 5.31. The maximum atomic E-state index is 4.04. The van der Waals surface area contributed by atoms with Gasteiger partial charge in [0.25, 0.3) is 0 Å². The highest BCUT2D eigenvalue weighted by atomic mass is 15.2. The van der Waals surface area contributed by atoms with Gasteiger partial charge in [-0.25, -0.2) is 0 Å². The molecule has 0 aromatic heterocycles. The van der Waals surface area contributed by atoms with Crippen molar-refractivity contribution in [3.05, 3.63) is 0 Å². The van der Waals surface area contributed by atoms with Gasteiger partial charge >= 0.3 is 0 Å². The number of hydrogen-bond donors (Lipinski definition) is 2. The number of unbranched alkanes of at least 4 members (excludes halogenated alkanes) is 1. The number of likely N-dealkylation sites (N-methyl/N-ethyl adjacent to an activating group) is 1. The summed E-state index contributed by atoms with van der Waals surface area (Å²) >= 11 is 0. The van der Waals surface area contributed by atoms with E-state index in [-0.39, 0.29) is 0 Å². The standard InChI is InChI=1S/C10H24N4/c1-5-6-8-14(4)9-7-13-10(11-2)12-3/h5-9H2,1-4H3,(H2,11,12,13). The maximum Gasteiger partial charge on any atom is 0.190 e. The first kappa shape index (κ1) is 13.2. The van der Waals surface area contributed by atoms with Crippen molar-refractivity contribution >= 4 is 5.96 Å². The van der Waals surface area contributed by atoms with Crippen molar-refractivity contribution in [1.82, 2.24) is 15.5 Å². The summed E-state index contributed by atoms with van der Waals surface area (Å²) in [5.74, 6) is 0.855. The minimum atomic E-state index is 0.855. The van der Waals surface area contributed by atoms with Gasteiger partial charge in [0.2, 0.25) is 0 Å². The Morgan fingerprint density at radius 2 is 2.07 bits per heavy atom. The van der Waals surface area contributed by atoms with Gasteiger partial charge in [-0.15, -0.1) is 0 Å². The van der Waals surface area contributed by atoms with E-state index < -0.39 is 0 Å². The van der Waals surface area contributed by atoms with Crippen LogP contribution in [0.1, 0.15) is 19.8 Å². The van der Waals surface area contributed by atoms with E-state index >= 15 is 0 Å². The van der Waals surface area contributed by atoms with Gasteiger partial charge in [0, 0.05) is 27.2 Å². The molecule has 0 heterocycles. The molecule has 0 atom stereocenters. The Morgan fingerprint density at radius 1 is 1.36 bits per heavy atom. The van der Waals surface area contributed by atoms with Gasteiger partial charge in [0.05, 0.1) is 0 Å². The van der Waals surface area contributed by atoms with Crippen molar-refractivity contribution in [3.63, 3.8) is 0 Å². The van der Waals surface area contributed by atoms with Crippen LogP contribution in [-0.4, -0.2) is 51.6 Å². The predicted molar refractivity (Wildman–Crippen MR) is 62.8 cm³/mol. The van der Waals surface area contributed by atoms with Crippen LogP contribution in [0.3, 0.4) is 0 Å². The molecule has 0 saturated heterocycles. The average Bonchev–Trinajstić information content (AvgIpc) is 2.21. The minimum Gasteiger partial charge on any atom is -0.359 e. The largest absolute Gasteiger partial charge is 0.359 e. The molecule has 4 nitrogen and oxygen atoms in total. The van der Waals surface area contributed by atoms with Gasteiger partial charge in [0.15, 0.2) is 5.96 Å². The molecule has 0 fully saturated rings. The molecule has 0 saturated carbocycles. The molecule has 0 aliphatic rings. The number of nitrogens with zero attached hydrogens (tertiary/aromatic N) is 2. The lowest BCUT2D eigenvalue weighted by Gasteiger charge is -2.17. The molecular formula is C10H24N4. The second kappa shape index (κ2) is 8.81. The third-order valence-electron chi connectivity index (χ3n) is 2.14. The number of rotatable bonds is 6. The lowest BCUT2D eigenvalue weighted by Crippen LogP contribution is -2.39. The van der Waals surface area contributed by atoms with Crippen LogP contribution < -0.4 is 10.6 Å². The van der Waals surface area contributed by atoms with E-state index in [1.807, 2.05) is 7.05 Å². The Balaban J connectivity index is 3.43. The van der Waals surface area contributed by atoms with E-state index in [2.05, 4.69) is 34.5 Å². The van der Waals surface area contributed by atoms with Gasteiger partial charge in [0.1, 0.15) is 0 Å². The topological polar surface area (TPSA) is 39.7 Å². The third-order valence-corrected chi connectivity index (χ3v) is 2.14. The molecule has 0 aliphatic heterocycles. The van der Waals surface area contributed by atoms with Crippen LogP contribution in [0.2, 0.25) is 0 Å². The fourth-order valence-electron chi connectivity index (χ4n) is 1.18. The molecule has 0 amide bonds. The summed E-state index contributed by atoms with van der Waals surface area (Å²) in [6.45, 7) is 5.39. The lowest BCUT2D eigenvalue weighted by atomic mass is 10.3. The molecule has 4 heteroatoms. The van der Waals surface area contributed by atoms with Crippen LogP contribution in [0.15, 0.2) is 4.99 Å². The fourth-order valence-corrected chi connectivity index (χ4v) is 1.18. The number of aliphatic imine (C=N–C) groups is 1. The lowest BCUT2D eigenvalue weighted by molar-refractivity contribution is 0.332. The van der Waals surface area contributed by atoms with Crippen molar-refractivity contribution in [2.75, 3.05) is 40.8 Å². The summed E-state index contributed by atoms with van der Waals surface area (Å²) in [5, 5.41) is 6.21. The van der Waals surface area contributed by atoms with Crippen LogP contribution in [0.5, 0.6) is 0 Å². The van der Waals surface area contributed by atoms with Crippen molar-refractivity contribution in [1.29, 1.82) is 0 Å². The van der Waals surface area contributed by atoms with Gasteiger partial charge in [-0.1, -0.05) is 13.3 Å². The molecule has 14 heavy (non-hydrogen) atoms. The number of guanidine groups is 1. The first-order valence-electron chi connectivity index (χ1n) is 5.31. The highest BCUT2D eigenvalue weighted by molar-refractivity contribution is 5.79. The fraction of sp³-hybridized carbons (Fsp3) is 0.900. The van der Waals surface area contributed by atoms with Crippen molar-refractivity contribution in [3.8, 4) is 0 Å². The van der Waals surface area contributed by atoms with E-state index in [1.165, 1.54) is 19.4 Å². The van der Waals surface area contributed by atoms with Gasteiger partial charge in [-0.05, 0) is 20.0 Å². The van der Waals surface area contributed by atoms with Crippen LogP contribution >= 0.6 is 0 Å². The molecular weight excluding hydrogens is 176 g/mol. The van der Waals surface area contributed by atoms with Crippen molar-refractivity contribution < 1.29 is 0 Å². The zero-order valence-corrected chi connectivity index (χ0v) is 9.93. The highest BCUT2D eigenvalue weighted by Crippen LogP contribution is 1.89. The highest BCUT2D eigenvalue weighted by Gasteiger charge is 1.97. The van der Waals surface area contributed by atoms with Crippen LogP contribution in [0, 0.1) is 0 Å². The van der Waals surface area contributed by atoms with E-state index in [4.69, 9.17) is 0 Å². The number of nitrogens with one attached hydrogen (secondary N) is 2. The first-order chi connectivity index (χ1) is 6.74. The third kappa shape index (κ3) is 6.71. The Morgan fingerprint density at radius 3 is 2.57 bits per heavy atom. The normalized spacial score (nSPS) is 11.9. The summed E-state index contributed by atoms with van der Waals surface area (Å²) < 4.78 is 0. The molecule has 0 aliphatic carbocycles. The maximum absolute atomic E-state index is 4.04. The summed E-state index contributed by atoms with van der Waals surface area (Å²) in [6, 6.07) is 0. The quantitative estimate of drug-likeness (QED) is 0.485. The van der Waals surface area contributed by atoms with E-state index in [0.717, 1.165) is 19.0 Å². The van der Waals surface area contributed by atoms with Gasteiger partial charge in [-0.3, -0.25) is 4.99 Å².